The zero-order valence-electron chi connectivity index (χ0n) is 15.2. The Kier molecular flexibility index (Phi) is 6.45. The molecule has 144 valence electrons. The minimum atomic E-state index is -0.433. The second-order valence-electron chi connectivity index (χ2n) is 6.64. The largest absolute Gasteiger partial charge is 0.488 e. The van der Waals surface area contributed by atoms with E-state index in [1.54, 1.807) is 36.5 Å². The molecule has 2 heterocycles. The van der Waals surface area contributed by atoms with Gasteiger partial charge in [-0.2, -0.15) is 0 Å². The lowest BCUT2D eigenvalue weighted by atomic mass is 10.1. The molecule has 1 atom stereocenters. The van der Waals surface area contributed by atoms with Crippen LogP contribution >= 0.6 is 11.3 Å². The molecular formula is C20H23FN2O3S. The fraction of sp³-hybridized carbons (Fsp3) is 0.400. The average molecular weight is 390 g/mol. The van der Waals surface area contributed by atoms with Gasteiger partial charge in [0.15, 0.2) is 11.6 Å². The van der Waals surface area contributed by atoms with E-state index in [-0.39, 0.29) is 43.1 Å². The molecule has 0 radical (unpaired) electrons. The summed E-state index contributed by atoms with van der Waals surface area (Å²) in [6.07, 6.45) is 1.21. The first-order chi connectivity index (χ1) is 13.0. The number of ether oxygens (including phenoxy) is 1. The smallest absolute Gasteiger partial charge is 0.223 e. The molecule has 0 aliphatic carbocycles. The third-order valence-corrected chi connectivity index (χ3v) is 5.48. The van der Waals surface area contributed by atoms with Crippen molar-refractivity contribution < 1.29 is 18.7 Å². The first-order valence-corrected chi connectivity index (χ1v) is 9.90. The number of amides is 2. The van der Waals surface area contributed by atoms with Gasteiger partial charge in [0.2, 0.25) is 11.8 Å². The molecule has 27 heavy (non-hydrogen) atoms. The van der Waals surface area contributed by atoms with Crippen molar-refractivity contribution in [3.8, 4) is 5.75 Å². The first kappa shape index (κ1) is 19.4. The van der Waals surface area contributed by atoms with Crippen LogP contribution < -0.4 is 10.1 Å². The fourth-order valence-electron chi connectivity index (χ4n) is 3.01. The van der Waals surface area contributed by atoms with E-state index in [1.807, 2.05) is 4.90 Å². The predicted molar refractivity (Wildman–Crippen MR) is 102 cm³/mol. The molecule has 7 heteroatoms. The number of carbonyl (C=O) groups excluding carboxylic acids is 2. The van der Waals surface area contributed by atoms with Crippen LogP contribution in [0.4, 0.5) is 4.39 Å². The first-order valence-electron chi connectivity index (χ1n) is 9.02. The summed E-state index contributed by atoms with van der Waals surface area (Å²) in [6.45, 7) is 3.28. The van der Waals surface area contributed by atoms with Crippen molar-refractivity contribution in [3.05, 3.63) is 52.0 Å². The van der Waals surface area contributed by atoms with Gasteiger partial charge < -0.3 is 15.0 Å². The van der Waals surface area contributed by atoms with Crippen molar-refractivity contribution in [2.24, 2.45) is 0 Å². The Morgan fingerprint density at radius 2 is 2.11 bits per heavy atom. The molecule has 0 fully saturated rings. The maximum absolute atomic E-state index is 13.5. The SMILES string of the molecule is CC(COc1ccccc1F)NC(=O)CCC(=O)N1CCc2sccc2C1. The molecule has 1 unspecified atom stereocenters. The van der Waals surface area contributed by atoms with Crippen LogP contribution in [0.3, 0.4) is 0 Å². The Morgan fingerprint density at radius 3 is 2.93 bits per heavy atom. The van der Waals surface area contributed by atoms with Gasteiger partial charge in [-0.05, 0) is 42.5 Å². The number of hydrogen-bond acceptors (Lipinski definition) is 4. The van der Waals surface area contributed by atoms with Crippen molar-refractivity contribution in [1.29, 1.82) is 0 Å². The summed E-state index contributed by atoms with van der Waals surface area (Å²) in [6, 6.07) is 7.92. The number of halogens is 1. The molecular weight excluding hydrogens is 367 g/mol. The molecule has 1 aromatic carbocycles. The van der Waals surface area contributed by atoms with E-state index in [2.05, 4.69) is 16.8 Å². The molecule has 0 saturated heterocycles. The van der Waals surface area contributed by atoms with E-state index in [0.717, 1.165) is 6.42 Å². The number of rotatable bonds is 7. The minimum absolute atomic E-state index is 0.00254. The maximum Gasteiger partial charge on any atom is 0.223 e. The second-order valence-corrected chi connectivity index (χ2v) is 7.64. The normalized spacial score (nSPS) is 14.4. The van der Waals surface area contributed by atoms with Crippen molar-refractivity contribution in [2.75, 3.05) is 13.2 Å². The highest BCUT2D eigenvalue weighted by Crippen LogP contribution is 2.24. The average Bonchev–Trinajstić information content (AvgIpc) is 3.13. The van der Waals surface area contributed by atoms with Crippen LogP contribution in [0.25, 0.3) is 0 Å². The molecule has 2 aromatic rings. The zero-order chi connectivity index (χ0) is 19.2. The summed E-state index contributed by atoms with van der Waals surface area (Å²) in [5, 5.41) is 4.84. The standard InChI is InChI=1S/C20H23FN2O3S/c1-14(13-26-17-5-3-2-4-16(17)21)22-19(24)6-7-20(25)23-10-8-18-15(12-23)9-11-27-18/h2-5,9,11,14H,6-8,10,12-13H2,1H3,(H,22,24). The molecule has 1 aromatic heterocycles. The third kappa shape index (κ3) is 5.29. The van der Waals surface area contributed by atoms with Crippen LogP contribution in [0.1, 0.15) is 30.2 Å². The van der Waals surface area contributed by atoms with E-state index in [0.29, 0.717) is 13.1 Å². The molecule has 0 spiro atoms. The minimum Gasteiger partial charge on any atom is -0.488 e. The maximum atomic E-state index is 13.5. The van der Waals surface area contributed by atoms with Crippen molar-refractivity contribution >= 4 is 23.2 Å². The molecule has 1 N–H and O–H groups in total. The number of para-hydroxylation sites is 1. The molecule has 3 rings (SSSR count). The van der Waals surface area contributed by atoms with Gasteiger partial charge in [-0.25, -0.2) is 4.39 Å². The summed E-state index contributed by atoms with van der Waals surface area (Å²) >= 11 is 1.73. The highest BCUT2D eigenvalue weighted by Gasteiger charge is 2.22. The van der Waals surface area contributed by atoms with Crippen molar-refractivity contribution in [1.82, 2.24) is 10.2 Å². The van der Waals surface area contributed by atoms with Gasteiger partial charge in [-0.15, -0.1) is 11.3 Å². The summed E-state index contributed by atoms with van der Waals surface area (Å²) in [7, 11) is 0. The number of nitrogens with zero attached hydrogens (tertiary/aromatic N) is 1. The number of thiophene rings is 1. The van der Waals surface area contributed by atoms with Crippen LogP contribution in [-0.2, 0) is 22.6 Å². The van der Waals surface area contributed by atoms with Gasteiger partial charge >= 0.3 is 0 Å². The zero-order valence-corrected chi connectivity index (χ0v) is 16.1. The van der Waals surface area contributed by atoms with E-state index < -0.39 is 5.82 Å². The van der Waals surface area contributed by atoms with Gasteiger partial charge in [0, 0.05) is 30.8 Å². The molecule has 1 aliphatic rings. The highest BCUT2D eigenvalue weighted by atomic mass is 32.1. The summed E-state index contributed by atoms with van der Waals surface area (Å²) in [4.78, 5) is 27.6. The number of fused-ring (bicyclic) bond motifs is 1. The van der Waals surface area contributed by atoms with Crippen LogP contribution in [0.5, 0.6) is 5.75 Å². The monoisotopic (exact) mass is 390 g/mol. The molecule has 0 bridgehead atoms. The van der Waals surface area contributed by atoms with Crippen LogP contribution in [0, 0.1) is 5.82 Å². The topological polar surface area (TPSA) is 58.6 Å². The molecule has 2 amide bonds. The van der Waals surface area contributed by atoms with E-state index in [9.17, 15) is 14.0 Å². The van der Waals surface area contributed by atoms with Crippen LogP contribution in [-0.4, -0.2) is 35.9 Å². The van der Waals surface area contributed by atoms with Gasteiger partial charge in [0.1, 0.15) is 6.61 Å². The number of hydrogen-bond donors (Lipinski definition) is 1. The molecule has 5 nitrogen and oxygen atoms in total. The van der Waals surface area contributed by atoms with Crippen molar-refractivity contribution in [2.45, 2.75) is 38.8 Å². The van der Waals surface area contributed by atoms with Crippen molar-refractivity contribution in [3.63, 3.8) is 0 Å². The van der Waals surface area contributed by atoms with E-state index in [1.165, 1.54) is 16.5 Å². The second kappa shape index (κ2) is 8.99. The van der Waals surface area contributed by atoms with Crippen LogP contribution in [0.15, 0.2) is 35.7 Å². The van der Waals surface area contributed by atoms with E-state index in [4.69, 9.17) is 4.74 Å². The third-order valence-electron chi connectivity index (χ3n) is 4.46. The number of carbonyl (C=O) groups is 2. The Balaban J connectivity index is 1.38. The Hall–Kier alpha value is -2.41. The Bertz CT molecular complexity index is 808. The number of benzene rings is 1. The summed E-state index contributed by atoms with van der Waals surface area (Å²) in [5.74, 6) is -0.484. The quantitative estimate of drug-likeness (QED) is 0.790. The summed E-state index contributed by atoms with van der Waals surface area (Å²) < 4.78 is 18.9. The predicted octanol–water partition coefficient (Wildman–Crippen LogP) is 3.14. The summed E-state index contributed by atoms with van der Waals surface area (Å²) in [5.41, 5.74) is 1.21. The van der Waals surface area contributed by atoms with Gasteiger partial charge in [-0.1, -0.05) is 12.1 Å². The Labute approximate surface area is 162 Å². The van der Waals surface area contributed by atoms with E-state index >= 15 is 0 Å². The highest BCUT2D eigenvalue weighted by molar-refractivity contribution is 7.10. The molecule has 0 saturated carbocycles. The van der Waals surface area contributed by atoms with Gasteiger partial charge in [0.25, 0.3) is 0 Å². The van der Waals surface area contributed by atoms with Crippen LogP contribution in [0.2, 0.25) is 0 Å². The molecule has 1 aliphatic heterocycles. The lowest BCUT2D eigenvalue weighted by Crippen LogP contribution is -2.39. The van der Waals surface area contributed by atoms with Gasteiger partial charge in [0.05, 0.1) is 6.04 Å². The lowest BCUT2D eigenvalue weighted by Gasteiger charge is -2.27. The number of nitrogens with one attached hydrogen (secondary N) is 1. The van der Waals surface area contributed by atoms with Gasteiger partial charge in [-0.3, -0.25) is 9.59 Å². The fourth-order valence-corrected chi connectivity index (χ4v) is 3.89. The lowest BCUT2D eigenvalue weighted by molar-refractivity contribution is -0.134. The Morgan fingerprint density at radius 1 is 1.30 bits per heavy atom.